The lowest BCUT2D eigenvalue weighted by Crippen LogP contribution is -2.52. The molecule has 0 aromatic carbocycles. The average Bonchev–Trinajstić information content (AvgIpc) is 2.14. The van der Waals surface area contributed by atoms with Gasteiger partial charge in [0, 0.05) is 5.54 Å². The fourth-order valence-corrected chi connectivity index (χ4v) is 2.27. The first-order valence-electron chi connectivity index (χ1n) is 5.58. The summed E-state index contributed by atoms with van der Waals surface area (Å²) in [5.41, 5.74) is -0.806. The van der Waals surface area contributed by atoms with Crippen LogP contribution in [0, 0.1) is 0 Å². The molecule has 0 aliphatic heterocycles. The van der Waals surface area contributed by atoms with Crippen molar-refractivity contribution in [1.82, 2.24) is 4.72 Å². The van der Waals surface area contributed by atoms with Gasteiger partial charge in [-0.25, -0.2) is 13.1 Å². The number of carbonyl (C=O) groups excluding carboxylic acids is 1. The molecule has 6 heteroatoms. The average molecular weight is 265 g/mol. The van der Waals surface area contributed by atoms with E-state index in [1.54, 1.807) is 27.7 Å². The molecule has 1 atom stereocenters. The van der Waals surface area contributed by atoms with Gasteiger partial charge in [0.05, 0.1) is 18.3 Å². The number of nitrogens with one attached hydrogen (secondary N) is 1. The maximum atomic E-state index is 12.0. The third kappa shape index (κ3) is 4.63. The first-order valence-corrected chi connectivity index (χ1v) is 7.06. The van der Waals surface area contributed by atoms with Crippen LogP contribution in [0.2, 0.25) is 0 Å². The Kier molecular flexibility index (Phi) is 5.16. The number of esters is 1. The quantitative estimate of drug-likeness (QED) is 0.763. The molecule has 0 radical (unpaired) electrons. The van der Waals surface area contributed by atoms with Crippen LogP contribution in [0.1, 0.15) is 47.5 Å². The lowest BCUT2D eigenvalue weighted by molar-refractivity contribution is -0.142. The largest absolute Gasteiger partial charge is 0.469 e. The number of rotatable bonds is 5. The van der Waals surface area contributed by atoms with E-state index in [2.05, 4.69) is 9.46 Å². The molecule has 0 amide bonds. The Morgan fingerprint density at radius 3 is 2.00 bits per heavy atom. The van der Waals surface area contributed by atoms with E-state index < -0.39 is 26.3 Å². The van der Waals surface area contributed by atoms with E-state index >= 15 is 0 Å². The molecule has 0 heterocycles. The van der Waals surface area contributed by atoms with E-state index in [9.17, 15) is 13.2 Å². The minimum absolute atomic E-state index is 0.0231. The normalized spacial score (nSPS) is 16.4. The Hall–Kier alpha value is -0.620. The van der Waals surface area contributed by atoms with Gasteiger partial charge < -0.3 is 4.74 Å². The highest BCUT2D eigenvalue weighted by Crippen LogP contribution is 2.22. The highest BCUT2D eigenvalue weighted by molar-refractivity contribution is 7.90. The topological polar surface area (TPSA) is 72.5 Å². The fraction of sp³-hybridized carbons (Fsp3) is 0.909. The van der Waals surface area contributed by atoms with Gasteiger partial charge in [0.15, 0.2) is 0 Å². The Morgan fingerprint density at radius 2 is 1.71 bits per heavy atom. The molecule has 0 aromatic rings. The van der Waals surface area contributed by atoms with Gasteiger partial charge in [0.25, 0.3) is 0 Å². The molecule has 0 spiro atoms. The number of sulfonamides is 1. The molecule has 1 unspecified atom stereocenters. The number of ether oxygens (including phenoxy) is 1. The van der Waals surface area contributed by atoms with Crippen molar-refractivity contribution in [3.63, 3.8) is 0 Å². The molecule has 0 saturated heterocycles. The second kappa shape index (κ2) is 5.35. The van der Waals surface area contributed by atoms with Gasteiger partial charge in [-0.15, -0.1) is 0 Å². The summed E-state index contributed by atoms with van der Waals surface area (Å²) in [6.45, 7) is 8.37. The van der Waals surface area contributed by atoms with Crippen molar-refractivity contribution >= 4 is 16.0 Å². The number of hydrogen-bond donors (Lipinski definition) is 1. The van der Waals surface area contributed by atoms with Gasteiger partial charge in [0.2, 0.25) is 10.0 Å². The summed E-state index contributed by atoms with van der Waals surface area (Å²) < 4.78 is 30.3. The summed E-state index contributed by atoms with van der Waals surface area (Å²) >= 11 is 0. The third-order valence-electron chi connectivity index (χ3n) is 2.73. The molecular weight excluding hydrogens is 242 g/mol. The lowest BCUT2D eigenvalue weighted by atomic mass is 9.96. The van der Waals surface area contributed by atoms with Crippen LogP contribution in [0.3, 0.4) is 0 Å². The van der Waals surface area contributed by atoms with E-state index in [0.717, 1.165) is 0 Å². The summed E-state index contributed by atoms with van der Waals surface area (Å²) in [6, 6.07) is 0. The monoisotopic (exact) mass is 265 g/mol. The van der Waals surface area contributed by atoms with E-state index in [1.807, 2.05) is 6.92 Å². The molecule has 0 bridgehead atoms. The molecule has 0 saturated carbocycles. The van der Waals surface area contributed by atoms with Crippen LogP contribution < -0.4 is 4.72 Å². The Morgan fingerprint density at radius 1 is 1.24 bits per heavy atom. The van der Waals surface area contributed by atoms with E-state index in [4.69, 9.17) is 0 Å². The summed E-state index contributed by atoms with van der Waals surface area (Å²) in [5, 5.41) is 0. The maximum Gasteiger partial charge on any atom is 0.307 e. The van der Waals surface area contributed by atoms with E-state index in [-0.39, 0.29) is 6.42 Å². The van der Waals surface area contributed by atoms with Crippen LogP contribution in [0.5, 0.6) is 0 Å². The lowest BCUT2D eigenvalue weighted by Gasteiger charge is -2.32. The van der Waals surface area contributed by atoms with E-state index in [0.29, 0.717) is 6.42 Å². The van der Waals surface area contributed by atoms with Crippen LogP contribution >= 0.6 is 0 Å². The van der Waals surface area contributed by atoms with Gasteiger partial charge in [-0.05, 0) is 34.1 Å². The Balaban J connectivity index is 5.00. The van der Waals surface area contributed by atoms with Crippen molar-refractivity contribution in [1.29, 1.82) is 0 Å². The van der Waals surface area contributed by atoms with E-state index in [1.165, 1.54) is 7.11 Å². The molecule has 5 nitrogen and oxygen atoms in total. The van der Waals surface area contributed by atoms with Crippen LogP contribution in [0.25, 0.3) is 0 Å². The predicted molar refractivity (Wildman–Crippen MR) is 67.1 cm³/mol. The summed E-state index contributed by atoms with van der Waals surface area (Å²) in [4.78, 5) is 11.3. The minimum atomic E-state index is -3.48. The first-order chi connectivity index (χ1) is 7.47. The van der Waals surface area contributed by atoms with Crippen LogP contribution in [-0.2, 0) is 19.6 Å². The zero-order chi connectivity index (χ0) is 13.9. The highest BCUT2D eigenvalue weighted by Gasteiger charge is 2.37. The fourth-order valence-electron chi connectivity index (χ4n) is 1.10. The molecule has 1 N–H and O–H groups in total. The smallest absolute Gasteiger partial charge is 0.307 e. The molecule has 0 fully saturated rings. The van der Waals surface area contributed by atoms with Crippen molar-refractivity contribution in [2.75, 3.05) is 7.11 Å². The standard InChI is InChI=1S/C11H23NO4S/c1-7-11(5,8-9(13)16-6)12-17(14,15)10(2,3)4/h12H,7-8H2,1-6H3. The van der Waals surface area contributed by atoms with Crippen molar-refractivity contribution < 1.29 is 17.9 Å². The van der Waals surface area contributed by atoms with Crippen LogP contribution in [-0.4, -0.2) is 31.8 Å². The number of carbonyl (C=O) groups is 1. The molecule has 0 rings (SSSR count). The van der Waals surface area contributed by atoms with Crippen molar-refractivity contribution in [3.05, 3.63) is 0 Å². The van der Waals surface area contributed by atoms with Gasteiger partial charge in [-0.2, -0.15) is 0 Å². The molecule has 17 heavy (non-hydrogen) atoms. The van der Waals surface area contributed by atoms with Gasteiger partial charge in [-0.3, -0.25) is 4.79 Å². The molecule has 0 aromatic heterocycles. The van der Waals surface area contributed by atoms with Crippen molar-refractivity contribution in [3.8, 4) is 0 Å². The zero-order valence-electron chi connectivity index (χ0n) is 11.5. The number of methoxy groups -OCH3 is 1. The van der Waals surface area contributed by atoms with Gasteiger partial charge >= 0.3 is 5.97 Å². The molecular formula is C11H23NO4S. The second-order valence-corrected chi connectivity index (χ2v) is 7.82. The van der Waals surface area contributed by atoms with Crippen molar-refractivity contribution in [2.45, 2.75) is 57.7 Å². The summed E-state index contributed by atoms with van der Waals surface area (Å²) in [6.07, 6.45) is 0.534. The van der Waals surface area contributed by atoms with Gasteiger partial charge in [-0.1, -0.05) is 6.92 Å². The molecule has 0 aliphatic rings. The molecule has 102 valence electrons. The number of hydrogen-bond acceptors (Lipinski definition) is 4. The molecule has 0 aliphatic carbocycles. The van der Waals surface area contributed by atoms with Crippen LogP contribution in [0.15, 0.2) is 0 Å². The minimum Gasteiger partial charge on any atom is -0.469 e. The van der Waals surface area contributed by atoms with Gasteiger partial charge in [0.1, 0.15) is 0 Å². The van der Waals surface area contributed by atoms with Crippen molar-refractivity contribution in [2.24, 2.45) is 0 Å². The Bertz CT molecular complexity index is 369. The summed E-state index contributed by atoms with van der Waals surface area (Å²) in [7, 11) is -2.19. The highest BCUT2D eigenvalue weighted by atomic mass is 32.2. The zero-order valence-corrected chi connectivity index (χ0v) is 12.3. The SMILES string of the molecule is CCC(C)(CC(=O)OC)NS(=O)(=O)C(C)(C)C. The first kappa shape index (κ1) is 16.4. The third-order valence-corrected chi connectivity index (χ3v) is 5.10. The van der Waals surface area contributed by atoms with Crippen LogP contribution in [0.4, 0.5) is 0 Å². The Labute approximate surface area is 104 Å². The second-order valence-electron chi connectivity index (χ2n) is 5.38. The maximum absolute atomic E-state index is 12.0. The predicted octanol–water partition coefficient (Wildman–Crippen LogP) is 1.44. The summed E-state index contributed by atoms with van der Waals surface area (Å²) in [5.74, 6) is -0.425.